The van der Waals surface area contributed by atoms with Crippen molar-refractivity contribution in [1.82, 2.24) is 0 Å². The fourth-order valence-electron chi connectivity index (χ4n) is 2.13. The molecule has 0 aromatic rings. The van der Waals surface area contributed by atoms with Crippen molar-refractivity contribution in [3.05, 3.63) is 0 Å². The Labute approximate surface area is 102 Å². The molecule has 0 amide bonds. The summed E-state index contributed by atoms with van der Waals surface area (Å²) < 4.78 is 0. The second kappa shape index (κ2) is 6.42. The zero-order valence-electron chi connectivity index (χ0n) is 9.52. The first-order chi connectivity index (χ1) is 6.68. The summed E-state index contributed by atoms with van der Waals surface area (Å²) in [5.41, 5.74) is 0.637. The highest BCUT2D eigenvalue weighted by molar-refractivity contribution is 9.09. The Bertz CT molecular complexity index is 150. The molecule has 1 aliphatic rings. The van der Waals surface area contributed by atoms with Crippen LogP contribution in [0.5, 0.6) is 0 Å². The fraction of sp³-hybridized carbons (Fsp3) is 1.00. The predicted molar refractivity (Wildman–Crippen MR) is 71.5 cm³/mol. The Morgan fingerprint density at radius 1 is 1.21 bits per heavy atom. The van der Waals surface area contributed by atoms with Gasteiger partial charge >= 0.3 is 0 Å². The van der Waals surface area contributed by atoms with Crippen LogP contribution in [0.25, 0.3) is 0 Å². The van der Waals surface area contributed by atoms with Gasteiger partial charge in [-0.1, -0.05) is 49.0 Å². The molecule has 0 spiro atoms. The minimum Gasteiger partial charge on any atom is -0.161 e. The van der Waals surface area contributed by atoms with E-state index in [0.29, 0.717) is 5.41 Å². The van der Waals surface area contributed by atoms with E-state index < -0.39 is 0 Å². The normalized spacial score (nSPS) is 21.4. The summed E-state index contributed by atoms with van der Waals surface area (Å²) in [5, 5.41) is 1.21. The highest BCUT2D eigenvalue weighted by Gasteiger charge is 2.30. The van der Waals surface area contributed by atoms with Crippen molar-refractivity contribution in [3.8, 4) is 0 Å². The van der Waals surface area contributed by atoms with Gasteiger partial charge in [-0.25, -0.2) is 0 Å². The van der Waals surface area contributed by atoms with Crippen LogP contribution >= 0.6 is 27.7 Å². The van der Waals surface area contributed by atoms with E-state index in [1.165, 1.54) is 48.9 Å². The molecule has 0 bridgehead atoms. The largest absolute Gasteiger partial charge is 0.161 e. The average molecular weight is 279 g/mol. The Kier molecular flexibility index (Phi) is 5.91. The first-order valence-corrected chi connectivity index (χ1v) is 8.10. The Hall–Kier alpha value is 0.830. The van der Waals surface area contributed by atoms with Crippen LogP contribution in [0.2, 0.25) is 0 Å². The lowest BCUT2D eigenvalue weighted by molar-refractivity contribution is 0.260. The van der Waals surface area contributed by atoms with Crippen molar-refractivity contribution in [3.63, 3.8) is 0 Å². The highest BCUT2D eigenvalue weighted by atomic mass is 79.9. The molecule has 0 aliphatic heterocycles. The quantitative estimate of drug-likeness (QED) is 0.656. The van der Waals surface area contributed by atoms with E-state index >= 15 is 0 Å². The van der Waals surface area contributed by atoms with E-state index in [1.54, 1.807) is 0 Å². The summed E-state index contributed by atoms with van der Waals surface area (Å²) in [6.07, 6.45) is 7.26. The first-order valence-electron chi connectivity index (χ1n) is 5.82. The Morgan fingerprint density at radius 3 is 2.36 bits per heavy atom. The predicted octanol–water partition coefficient (Wildman–Crippen LogP) is 4.72. The number of rotatable bonds is 5. The van der Waals surface area contributed by atoms with Crippen molar-refractivity contribution in [2.45, 2.75) is 46.0 Å². The van der Waals surface area contributed by atoms with Crippen LogP contribution < -0.4 is 0 Å². The van der Waals surface area contributed by atoms with Crippen LogP contribution in [0.3, 0.4) is 0 Å². The van der Waals surface area contributed by atoms with Gasteiger partial charge in [0.2, 0.25) is 0 Å². The number of hydrogen-bond donors (Lipinski definition) is 0. The molecule has 84 valence electrons. The first kappa shape index (κ1) is 12.9. The number of hydrogen-bond acceptors (Lipinski definition) is 1. The van der Waals surface area contributed by atoms with E-state index in [4.69, 9.17) is 0 Å². The van der Waals surface area contributed by atoms with Gasteiger partial charge in [0.25, 0.3) is 0 Å². The molecular weight excluding hydrogens is 256 g/mol. The van der Waals surface area contributed by atoms with E-state index in [2.05, 4.69) is 41.5 Å². The molecule has 0 aromatic carbocycles. The van der Waals surface area contributed by atoms with Crippen molar-refractivity contribution in [1.29, 1.82) is 0 Å². The van der Waals surface area contributed by atoms with E-state index in [0.717, 1.165) is 5.92 Å². The summed E-state index contributed by atoms with van der Waals surface area (Å²) in [4.78, 5) is 0. The fourth-order valence-corrected chi connectivity index (χ4v) is 4.56. The Morgan fingerprint density at radius 2 is 1.86 bits per heavy atom. The van der Waals surface area contributed by atoms with Crippen molar-refractivity contribution < 1.29 is 0 Å². The van der Waals surface area contributed by atoms with Crippen LogP contribution in [-0.4, -0.2) is 16.8 Å². The highest BCUT2D eigenvalue weighted by Crippen LogP contribution is 2.40. The summed E-state index contributed by atoms with van der Waals surface area (Å²) in [7, 11) is 0. The maximum atomic E-state index is 3.72. The molecule has 14 heavy (non-hydrogen) atoms. The SMILES string of the molecule is CC(C)CSCC1(CBr)CCCCC1. The van der Waals surface area contributed by atoms with Gasteiger partial charge in [-0.05, 0) is 35.7 Å². The molecule has 0 radical (unpaired) electrons. The standard InChI is InChI=1S/C12H23BrS/c1-11(2)8-14-10-12(9-13)6-4-3-5-7-12/h11H,3-10H2,1-2H3. The lowest BCUT2D eigenvalue weighted by Crippen LogP contribution is -2.28. The third-order valence-electron chi connectivity index (χ3n) is 3.06. The van der Waals surface area contributed by atoms with Crippen molar-refractivity contribution >= 4 is 27.7 Å². The van der Waals surface area contributed by atoms with Gasteiger partial charge in [-0.3, -0.25) is 0 Å². The van der Waals surface area contributed by atoms with Crippen LogP contribution in [-0.2, 0) is 0 Å². The smallest absolute Gasteiger partial charge is 0.00958 e. The maximum absolute atomic E-state index is 3.72. The summed E-state index contributed by atoms with van der Waals surface area (Å²) in [6, 6.07) is 0. The average Bonchev–Trinajstić information content (AvgIpc) is 2.19. The van der Waals surface area contributed by atoms with Crippen molar-refractivity contribution in [2.24, 2.45) is 11.3 Å². The topological polar surface area (TPSA) is 0 Å². The van der Waals surface area contributed by atoms with Gasteiger partial charge in [0.05, 0.1) is 0 Å². The van der Waals surface area contributed by atoms with Gasteiger partial charge in [-0.2, -0.15) is 11.8 Å². The number of halogens is 1. The second-order valence-corrected chi connectivity index (χ2v) is 6.69. The number of thioether (sulfide) groups is 1. The Balaban J connectivity index is 2.29. The molecule has 2 heteroatoms. The monoisotopic (exact) mass is 278 g/mol. The molecule has 0 aromatic heterocycles. The van der Waals surface area contributed by atoms with E-state index in [1.807, 2.05) is 0 Å². The zero-order chi connectivity index (χ0) is 10.4. The van der Waals surface area contributed by atoms with Gasteiger partial charge in [-0.15, -0.1) is 0 Å². The van der Waals surface area contributed by atoms with Crippen LogP contribution in [0.15, 0.2) is 0 Å². The van der Waals surface area contributed by atoms with E-state index in [9.17, 15) is 0 Å². The third-order valence-corrected chi connectivity index (χ3v) is 5.97. The van der Waals surface area contributed by atoms with Gasteiger partial charge in [0, 0.05) is 5.33 Å². The molecule has 0 atom stereocenters. The molecule has 0 nitrogen and oxygen atoms in total. The molecular formula is C12H23BrS. The maximum Gasteiger partial charge on any atom is 0.00958 e. The summed E-state index contributed by atoms with van der Waals surface area (Å²) in [5.74, 6) is 3.54. The molecule has 1 rings (SSSR count). The van der Waals surface area contributed by atoms with Crippen LogP contribution in [0, 0.1) is 11.3 Å². The van der Waals surface area contributed by atoms with Gasteiger partial charge in [0.1, 0.15) is 0 Å². The molecule has 1 fully saturated rings. The summed E-state index contributed by atoms with van der Waals surface area (Å²) >= 11 is 5.88. The second-order valence-electron chi connectivity index (χ2n) is 5.10. The lowest BCUT2D eigenvalue weighted by atomic mass is 9.77. The molecule has 1 aliphatic carbocycles. The number of alkyl halides is 1. The van der Waals surface area contributed by atoms with Crippen molar-refractivity contribution in [2.75, 3.05) is 16.8 Å². The molecule has 0 unspecified atom stereocenters. The van der Waals surface area contributed by atoms with Crippen LogP contribution in [0.4, 0.5) is 0 Å². The summed E-state index contributed by atoms with van der Waals surface area (Å²) in [6.45, 7) is 4.63. The van der Waals surface area contributed by atoms with Gasteiger partial charge in [0.15, 0.2) is 0 Å². The molecule has 0 saturated heterocycles. The minimum absolute atomic E-state index is 0.637. The van der Waals surface area contributed by atoms with Crippen LogP contribution in [0.1, 0.15) is 46.0 Å². The lowest BCUT2D eigenvalue weighted by Gasteiger charge is -2.35. The molecule has 1 saturated carbocycles. The zero-order valence-corrected chi connectivity index (χ0v) is 11.9. The molecule has 0 heterocycles. The van der Waals surface area contributed by atoms with Gasteiger partial charge < -0.3 is 0 Å². The minimum atomic E-state index is 0.637. The van der Waals surface area contributed by atoms with E-state index in [-0.39, 0.29) is 0 Å². The molecule has 0 N–H and O–H groups in total. The third kappa shape index (κ3) is 4.14.